The molecule has 1 N–H and O–H groups in total. The van der Waals surface area contributed by atoms with Crippen molar-refractivity contribution in [2.75, 3.05) is 0 Å². The second-order valence-corrected chi connectivity index (χ2v) is 1.19. The van der Waals surface area contributed by atoms with Crippen LogP contribution in [0.1, 0.15) is 0 Å². The Kier molecular flexibility index (Phi) is 0.705. The smallest absolute Gasteiger partial charge is 0.175 e. The summed E-state index contributed by atoms with van der Waals surface area (Å²) in [5.41, 5.74) is 0. The Hall–Kier alpha value is -0.310. The molecule has 1 aliphatic heterocycles. The molecule has 3 heteroatoms. The van der Waals surface area contributed by atoms with Crippen LogP contribution in [0.15, 0.2) is 12.5 Å². The Morgan fingerprint density at radius 1 is 1.80 bits per heavy atom. The Morgan fingerprint density at radius 2 is 2.80 bits per heavy atom. The first kappa shape index (κ1) is 2.90. The summed E-state index contributed by atoms with van der Waals surface area (Å²) < 4.78 is 7.31. The van der Waals surface area contributed by atoms with E-state index in [2.05, 4.69) is 8.91 Å². The number of hydrogen-bond donors (Lipinski definition) is 1. The summed E-state index contributed by atoms with van der Waals surface area (Å²) in [7, 11) is 0. The van der Waals surface area contributed by atoms with Crippen LogP contribution in [-0.2, 0) is 4.18 Å². The minimum absolute atomic E-state index is 1.21. The zero-order valence-electron chi connectivity index (χ0n) is 2.47. The summed E-state index contributed by atoms with van der Waals surface area (Å²) in [5.74, 6) is 0. The van der Waals surface area contributed by atoms with Crippen LogP contribution in [0.25, 0.3) is 0 Å². The number of rotatable bonds is 0. The van der Waals surface area contributed by atoms with E-state index < -0.39 is 0 Å². The summed E-state index contributed by atoms with van der Waals surface area (Å²) in [6.45, 7) is 0. The molecule has 1 rings (SSSR count). The van der Waals surface area contributed by atoms with Gasteiger partial charge in [-0.15, -0.1) is 0 Å². The van der Waals surface area contributed by atoms with Gasteiger partial charge in [0.2, 0.25) is 0 Å². The molecule has 0 fully saturated rings. The van der Waals surface area contributed by atoms with E-state index in [0.29, 0.717) is 0 Å². The fourth-order valence-corrected chi connectivity index (χ4v) is 0.417. The SMILES string of the molecule is C1=COSN1. The monoisotopic (exact) mass is 89.0 g/mol. The number of nitrogens with one attached hydrogen (secondary N) is 1. The summed E-state index contributed by atoms with van der Waals surface area (Å²) in [6.07, 6.45) is 3.31. The van der Waals surface area contributed by atoms with Gasteiger partial charge in [-0.1, -0.05) is 0 Å². The van der Waals surface area contributed by atoms with Gasteiger partial charge >= 0.3 is 0 Å². The van der Waals surface area contributed by atoms with E-state index in [1.807, 2.05) is 0 Å². The van der Waals surface area contributed by atoms with Crippen LogP contribution in [0.4, 0.5) is 0 Å². The van der Waals surface area contributed by atoms with Crippen molar-refractivity contribution in [3.05, 3.63) is 12.5 Å². The van der Waals surface area contributed by atoms with E-state index in [1.165, 1.54) is 12.2 Å². The van der Waals surface area contributed by atoms with Gasteiger partial charge in [-0.05, 0) is 0 Å². The molecule has 0 amide bonds. The summed E-state index contributed by atoms with van der Waals surface area (Å²) >= 11 is 1.21. The molecule has 0 spiro atoms. The summed E-state index contributed by atoms with van der Waals surface area (Å²) in [5, 5.41) is 0. The minimum atomic E-state index is 1.21. The maximum Gasteiger partial charge on any atom is 0.175 e. The van der Waals surface area contributed by atoms with Crippen molar-refractivity contribution in [2.45, 2.75) is 0 Å². The Morgan fingerprint density at radius 3 is 3.00 bits per heavy atom. The standard InChI is InChI=1S/C2H3NOS/c1-2-4-5-3-1/h1-3H. The Labute approximate surface area is 34.5 Å². The first-order valence-corrected chi connectivity index (χ1v) is 1.97. The molecule has 0 atom stereocenters. The van der Waals surface area contributed by atoms with Gasteiger partial charge in [0.25, 0.3) is 0 Å². The van der Waals surface area contributed by atoms with E-state index >= 15 is 0 Å². The molecular formula is C2H3NOS. The molecule has 0 aromatic rings. The van der Waals surface area contributed by atoms with Gasteiger partial charge < -0.3 is 8.91 Å². The molecule has 0 unspecified atom stereocenters. The predicted octanol–water partition coefficient (Wildman–Crippen LogP) is 0.641. The van der Waals surface area contributed by atoms with Crippen molar-refractivity contribution in [1.82, 2.24) is 4.72 Å². The predicted molar refractivity (Wildman–Crippen MR) is 21.0 cm³/mol. The normalized spacial score (nSPS) is 17.6. The molecule has 0 bridgehead atoms. The van der Waals surface area contributed by atoms with Crippen molar-refractivity contribution in [3.63, 3.8) is 0 Å². The maximum atomic E-state index is 4.57. The van der Waals surface area contributed by atoms with Crippen molar-refractivity contribution < 1.29 is 4.18 Å². The molecule has 0 saturated heterocycles. The van der Waals surface area contributed by atoms with E-state index in [9.17, 15) is 0 Å². The van der Waals surface area contributed by atoms with E-state index in [1.54, 1.807) is 12.5 Å². The molecule has 0 radical (unpaired) electrons. The van der Waals surface area contributed by atoms with Crippen LogP contribution in [-0.4, -0.2) is 0 Å². The molecule has 1 heterocycles. The number of hydrogen-bond acceptors (Lipinski definition) is 3. The zero-order valence-corrected chi connectivity index (χ0v) is 3.29. The van der Waals surface area contributed by atoms with Crippen LogP contribution < -0.4 is 4.72 Å². The van der Waals surface area contributed by atoms with E-state index in [-0.39, 0.29) is 0 Å². The molecule has 5 heavy (non-hydrogen) atoms. The molecule has 28 valence electrons. The van der Waals surface area contributed by atoms with Crippen LogP contribution in [0.5, 0.6) is 0 Å². The third-order valence-corrected chi connectivity index (χ3v) is 0.728. The largest absolute Gasteiger partial charge is 0.412 e. The highest BCUT2D eigenvalue weighted by Gasteiger charge is 1.83. The lowest BCUT2D eigenvalue weighted by atomic mass is 11.0. The highest BCUT2D eigenvalue weighted by molar-refractivity contribution is 7.93. The van der Waals surface area contributed by atoms with Crippen LogP contribution in [0, 0.1) is 0 Å². The lowest BCUT2D eigenvalue weighted by Crippen LogP contribution is -1.77. The topological polar surface area (TPSA) is 21.3 Å². The van der Waals surface area contributed by atoms with Gasteiger partial charge in [0.05, 0.1) is 0 Å². The lowest BCUT2D eigenvalue weighted by molar-refractivity contribution is 0.578. The van der Waals surface area contributed by atoms with E-state index in [0.717, 1.165) is 0 Å². The summed E-state index contributed by atoms with van der Waals surface area (Å²) in [4.78, 5) is 0. The molecular weight excluding hydrogens is 86.1 g/mol. The molecule has 2 nitrogen and oxygen atoms in total. The molecule has 0 aliphatic carbocycles. The first-order valence-electron chi connectivity index (χ1n) is 1.23. The second kappa shape index (κ2) is 1.21. The Bertz CT molecular complexity index is 47.6. The van der Waals surface area contributed by atoms with Crippen LogP contribution in [0.2, 0.25) is 0 Å². The first-order chi connectivity index (χ1) is 2.50. The van der Waals surface area contributed by atoms with Crippen LogP contribution >= 0.6 is 12.2 Å². The van der Waals surface area contributed by atoms with Gasteiger partial charge in [-0.2, -0.15) is 0 Å². The molecule has 0 aromatic carbocycles. The van der Waals surface area contributed by atoms with Crippen molar-refractivity contribution in [3.8, 4) is 0 Å². The molecule has 0 aromatic heterocycles. The fourth-order valence-electron chi connectivity index (χ4n) is 0.139. The average molecular weight is 89.1 g/mol. The quantitative estimate of drug-likeness (QED) is 0.347. The minimum Gasteiger partial charge on any atom is -0.412 e. The van der Waals surface area contributed by atoms with Crippen molar-refractivity contribution >= 4 is 12.2 Å². The van der Waals surface area contributed by atoms with E-state index in [4.69, 9.17) is 0 Å². The average Bonchev–Trinajstić information content (AvgIpc) is 1.76. The van der Waals surface area contributed by atoms with Crippen LogP contribution in [0.3, 0.4) is 0 Å². The van der Waals surface area contributed by atoms with Gasteiger partial charge in [0.15, 0.2) is 12.2 Å². The summed E-state index contributed by atoms with van der Waals surface area (Å²) in [6, 6.07) is 0. The third kappa shape index (κ3) is 0.479. The zero-order chi connectivity index (χ0) is 3.54. The van der Waals surface area contributed by atoms with Gasteiger partial charge in [0, 0.05) is 6.20 Å². The lowest BCUT2D eigenvalue weighted by Gasteiger charge is -1.77. The van der Waals surface area contributed by atoms with Crippen molar-refractivity contribution in [2.24, 2.45) is 0 Å². The van der Waals surface area contributed by atoms with Gasteiger partial charge in [-0.25, -0.2) is 0 Å². The highest BCUT2D eigenvalue weighted by atomic mass is 32.2. The van der Waals surface area contributed by atoms with Gasteiger partial charge in [-0.3, -0.25) is 0 Å². The second-order valence-electron chi connectivity index (χ2n) is 0.600. The van der Waals surface area contributed by atoms with Crippen molar-refractivity contribution in [1.29, 1.82) is 0 Å². The highest BCUT2D eigenvalue weighted by Crippen LogP contribution is 2.01. The third-order valence-electron chi connectivity index (χ3n) is 0.288. The van der Waals surface area contributed by atoms with Gasteiger partial charge in [0.1, 0.15) is 6.26 Å². The molecule has 0 saturated carbocycles. The maximum absolute atomic E-state index is 4.57. The Balaban J connectivity index is 2.32. The fraction of sp³-hybridized carbons (Fsp3) is 0. The molecule has 1 aliphatic rings.